The summed E-state index contributed by atoms with van der Waals surface area (Å²) in [5.41, 5.74) is 3.45. The number of aromatic nitrogens is 2. The minimum atomic E-state index is 0.544. The standard InChI is InChI=1S/C15H19BrN2O/c1-4-12-9-13(18(5-2)17-12)10-19-15-7-6-11(3)8-14(15)16/h6-9H,4-5,10H2,1-3H3. The predicted molar refractivity (Wildman–Crippen MR) is 80.5 cm³/mol. The van der Waals surface area contributed by atoms with Crippen molar-refractivity contribution < 1.29 is 4.74 Å². The van der Waals surface area contributed by atoms with Crippen molar-refractivity contribution in [2.75, 3.05) is 0 Å². The monoisotopic (exact) mass is 322 g/mol. The van der Waals surface area contributed by atoms with Crippen LogP contribution in [0.3, 0.4) is 0 Å². The molecular formula is C15H19BrN2O. The predicted octanol–water partition coefficient (Wildman–Crippen LogP) is 4.12. The molecule has 1 heterocycles. The maximum Gasteiger partial charge on any atom is 0.134 e. The van der Waals surface area contributed by atoms with Crippen LogP contribution in [0, 0.1) is 6.92 Å². The van der Waals surface area contributed by atoms with Gasteiger partial charge in [-0.15, -0.1) is 0 Å². The number of benzene rings is 1. The highest BCUT2D eigenvalue weighted by molar-refractivity contribution is 9.10. The minimum absolute atomic E-state index is 0.544. The average molecular weight is 323 g/mol. The molecule has 0 saturated carbocycles. The lowest BCUT2D eigenvalue weighted by Gasteiger charge is -2.09. The van der Waals surface area contributed by atoms with Gasteiger partial charge in [0.1, 0.15) is 12.4 Å². The maximum atomic E-state index is 5.87. The van der Waals surface area contributed by atoms with Gasteiger partial charge in [0.25, 0.3) is 0 Å². The molecule has 0 aliphatic heterocycles. The topological polar surface area (TPSA) is 27.1 Å². The van der Waals surface area contributed by atoms with Crippen LogP contribution >= 0.6 is 15.9 Å². The molecule has 2 aromatic rings. The third-order valence-electron chi connectivity index (χ3n) is 3.04. The fourth-order valence-corrected chi connectivity index (χ4v) is 2.56. The Morgan fingerprint density at radius 2 is 2.05 bits per heavy atom. The third-order valence-corrected chi connectivity index (χ3v) is 3.66. The third kappa shape index (κ3) is 3.38. The molecule has 1 aromatic carbocycles. The van der Waals surface area contributed by atoms with E-state index in [0.29, 0.717) is 6.61 Å². The number of rotatable bonds is 5. The number of aryl methyl sites for hydroxylation is 3. The number of ether oxygens (including phenoxy) is 1. The molecule has 3 nitrogen and oxygen atoms in total. The first kappa shape index (κ1) is 14.1. The first-order valence-electron chi connectivity index (χ1n) is 6.58. The van der Waals surface area contributed by atoms with Crippen molar-refractivity contribution in [2.24, 2.45) is 0 Å². The first-order valence-corrected chi connectivity index (χ1v) is 7.37. The molecule has 2 rings (SSSR count). The lowest BCUT2D eigenvalue weighted by Crippen LogP contribution is -2.06. The second-order valence-corrected chi connectivity index (χ2v) is 5.37. The van der Waals surface area contributed by atoms with Gasteiger partial charge < -0.3 is 4.74 Å². The molecular weight excluding hydrogens is 304 g/mol. The van der Waals surface area contributed by atoms with Gasteiger partial charge in [-0.2, -0.15) is 5.10 Å². The highest BCUT2D eigenvalue weighted by atomic mass is 79.9. The Bertz CT molecular complexity index is 563. The van der Waals surface area contributed by atoms with Gasteiger partial charge in [0.15, 0.2) is 0 Å². The lowest BCUT2D eigenvalue weighted by molar-refractivity contribution is 0.290. The zero-order chi connectivity index (χ0) is 13.8. The van der Waals surface area contributed by atoms with Crippen molar-refractivity contribution in [3.8, 4) is 5.75 Å². The molecule has 102 valence electrons. The summed E-state index contributed by atoms with van der Waals surface area (Å²) in [6, 6.07) is 8.22. The summed E-state index contributed by atoms with van der Waals surface area (Å²) in [4.78, 5) is 0. The van der Waals surface area contributed by atoms with Crippen LogP contribution in [0.4, 0.5) is 0 Å². The molecule has 0 aliphatic carbocycles. The quantitative estimate of drug-likeness (QED) is 0.828. The number of hydrogen-bond acceptors (Lipinski definition) is 2. The summed E-state index contributed by atoms with van der Waals surface area (Å²) >= 11 is 3.53. The summed E-state index contributed by atoms with van der Waals surface area (Å²) in [5, 5.41) is 4.52. The van der Waals surface area contributed by atoms with E-state index in [1.807, 2.05) is 10.7 Å². The van der Waals surface area contributed by atoms with E-state index in [9.17, 15) is 0 Å². The molecule has 0 saturated heterocycles. The van der Waals surface area contributed by atoms with Gasteiger partial charge >= 0.3 is 0 Å². The van der Waals surface area contributed by atoms with E-state index < -0.39 is 0 Å². The van der Waals surface area contributed by atoms with Crippen LogP contribution in [0.5, 0.6) is 5.75 Å². The number of halogens is 1. The lowest BCUT2D eigenvalue weighted by atomic mass is 10.2. The van der Waals surface area contributed by atoms with Crippen LogP contribution in [0.1, 0.15) is 30.8 Å². The minimum Gasteiger partial charge on any atom is -0.486 e. The second-order valence-electron chi connectivity index (χ2n) is 4.52. The summed E-state index contributed by atoms with van der Waals surface area (Å²) in [5.74, 6) is 0.868. The second kappa shape index (κ2) is 6.24. The summed E-state index contributed by atoms with van der Waals surface area (Å²) in [6.45, 7) is 7.69. The average Bonchev–Trinajstić information content (AvgIpc) is 2.80. The number of hydrogen-bond donors (Lipinski definition) is 0. The van der Waals surface area contributed by atoms with Gasteiger partial charge in [0.05, 0.1) is 15.9 Å². The highest BCUT2D eigenvalue weighted by Crippen LogP contribution is 2.26. The van der Waals surface area contributed by atoms with Crippen LogP contribution in [0.15, 0.2) is 28.7 Å². The van der Waals surface area contributed by atoms with E-state index in [2.05, 4.69) is 60.0 Å². The summed E-state index contributed by atoms with van der Waals surface area (Å²) < 4.78 is 8.86. The Balaban J connectivity index is 2.11. The van der Waals surface area contributed by atoms with E-state index >= 15 is 0 Å². The molecule has 0 aliphatic rings. The Hall–Kier alpha value is -1.29. The van der Waals surface area contributed by atoms with E-state index in [1.54, 1.807) is 0 Å². The molecule has 0 N–H and O–H groups in total. The molecule has 0 radical (unpaired) electrons. The highest BCUT2D eigenvalue weighted by Gasteiger charge is 2.07. The van der Waals surface area contributed by atoms with Crippen LogP contribution < -0.4 is 4.74 Å². The normalized spacial score (nSPS) is 10.7. The van der Waals surface area contributed by atoms with Crippen LogP contribution in [0.25, 0.3) is 0 Å². The van der Waals surface area contributed by atoms with Gasteiger partial charge in [-0.05, 0) is 60.0 Å². The van der Waals surface area contributed by atoms with Crippen molar-refractivity contribution in [2.45, 2.75) is 40.3 Å². The van der Waals surface area contributed by atoms with Crippen LogP contribution in [-0.2, 0) is 19.6 Å². The first-order chi connectivity index (χ1) is 9.13. The Labute approximate surface area is 122 Å². The van der Waals surface area contributed by atoms with Crippen molar-refractivity contribution >= 4 is 15.9 Å². The van der Waals surface area contributed by atoms with Crippen LogP contribution in [-0.4, -0.2) is 9.78 Å². The molecule has 0 bridgehead atoms. The van der Waals surface area contributed by atoms with E-state index in [4.69, 9.17) is 4.74 Å². The SMILES string of the molecule is CCc1cc(COc2ccc(C)cc2Br)n(CC)n1. The van der Waals surface area contributed by atoms with E-state index in [-0.39, 0.29) is 0 Å². The fraction of sp³-hybridized carbons (Fsp3) is 0.400. The zero-order valence-corrected chi connectivity index (χ0v) is 13.2. The van der Waals surface area contributed by atoms with E-state index in [0.717, 1.165) is 34.6 Å². The van der Waals surface area contributed by atoms with Crippen LogP contribution in [0.2, 0.25) is 0 Å². The van der Waals surface area contributed by atoms with Gasteiger partial charge in [-0.1, -0.05) is 13.0 Å². The molecule has 4 heteroatoms. The van der Waals surface area contributed by atoms with E-state index in [1.165, 1.54) is 5.56 Å². The largest absolute Gasteiger partial charge is 0.486 e. The molecule has 0 spiro atoms. The zero-order valence-electron chi connectivity index (χ0n) is 11.6. The molecule has 19 heavy (non-hydrogen) atoms. The molecule has 0 unspecified atom stereocenters. The maximum absolute atomic E-state index is 5.87. The van der Waals surface area contributed by atoms with Gasteiger partial charge in [0.2, 0.25) is 0 Å². The Morgan fingerprint density at radius 3 is 2.68 bits per heavy atom. The van der Waals surface area contributed by atoms with Gasteiger partial charge in [-0.25, -0.2) is 0 Å². The van der Waals surface area contributed by atoms with Crippen molar-refractivity contribution in [1.29, 1.82) is 0 Å². The molecule has 0 fully saturated rings. The molecule has 1 aromatic heterocycles. The summed E-state index contributed by atoms with van der Waals surface area (Å²) in [7, 11) is 0. The van der Waals surface area contributed by atoms with Crippen molar-refractivity contribution in [3.05, 3.63) is 45.7 Å². The number of nitrogens with zero attached hydrogens (tertiary/aromatic N) is 2. The Kier molecular flexibility index (Phi) is 4.64. The summed E-state index contributed by atoms with van der Waals surface area (Å²) in [6.07, 6.45) is 0.953. The smallest absolute Gasteiger partial charge is 0.134 e. The van der Waals surface area contributed by atoms with Crippen molar-refractivity contribution in [1.82, 2.24) is 9.78 Å². The van der Waals surface area contributed by atoms with Gasteiger partial charge in [0, 0.05) is 6.54 Å². The van der Waals surface area contributed by atoms with Gasteiger partial charge in [-0.3, -0.25) is 4.68 Å². The Morgan fingerprint density at radius 1 is 1.26 bits per heavy atom. The van der Waals surface area contributed by atoms with Crippen molar-refractivity contribution in [3.63, 3.8) is 0 Å². The molecule has 0 amide bonds. The molecule has 0 atom stereocenters. The fourth-order valence-electron chi connectivity index (χ4n) is 1.95.